The molecular weight excluding hydrogens is 493 g/mol. The zero-order chi connectivity index (χ0) is 21.8. The highest BCUT2D eigenvalue weighted by atomic mass is 35.5. The third kappa shape index (κ3) is 4.90. The number of benzene rings is 2. The zero-order valence-electron chi connectivity index (χ0n) is 15.3. The monoisotopic (exact) mass is 504 g/mol. The largest absolute Gasteiger partial charge is 0.496 e. The lowest BCUT2D eigenvalue weighted by Crippen LogP contribution is -1.98. The normalized spacial score (nSPS) is 11.1. The van der Waals surface area contributed by atoms with E-state index in [9.17, 15) is 4.79 Å². The van der Waals surface area contributed by atoms with E-state index in [1.165, 1.54) is 13.2 Å². The van der Waals surface area contributed by atoms with Gasteiger partial charge in [0.2, 0.25) is 0 Å². The van der Waals surface area contributed by atoms with Crippen LogP contribution in [0.3, 0.4) is 0 Å². The second-order valence-electron chi connectivity index (χ2n) is 5.89. The minimum atomic E-state index is -0.217. The summed E-state index contributed by atoms with van der Waals surface area (Å²) in [5, 5.41) is 0.224. The fraction of sp³-hybridized carbons (Fsp3) is 0.0952. The molecule has 4 nitrogen and oxygen atoms in total. The van der Waals surface area contributed by atoms with Gasteiger partial charge in [0.1, 0.15) is 33.9 Å². The summed E-state index contributed by atoms with van der Waals surface area (Å²) in [6.45, 7) is 0.00201. The van der Waals surface area contributed by atoms with Crippen molar-refractivity contribution in [2.24, 2.45) is 0 Å². The fourth-order valence-corrected chi connectivity index (χ4v) is 3.74. The lowest BCUT2D eigenvalue weighted by molar-refractivity contribution is 0.104. The number of ketones is 1. The average molecular weight is 507 g/mol. The summed E-state index contributed by atoms with van der Waals surface area (Å²) < 4.78 is 16.5. The molecular formula is C21H13Cl5O4. The Morgan fingerprint density at radius 2 is 1.57 bits per heavy atom. The molecule has 2 aromatic carbocycles. The summed E-state index contributed by atoms with van der Waals surface area (Å²) >= 11 is 30.3. The van der Waals surface area contributed by atoms with E-state index in [1.54, 1.807) is 42.5 Å². The van der Waals surface area contributed by atoms with Gasteiger partial charge in [0, 0.05) is 0 Å². The molecule has 0 saturated heterocycles. The van der Waals surface area contributed by atoms with Crippen molar-refractivity contribution in [1.29, 1.82) is 0 Å². The summed E-state index contributed by atoms with van der Waals surface area (Å²) in [6.07, 6.45) is 2.95. The fourth-order valence-electron chi connectivity index (χ4n) is 2.51. The molecule has 3 rings (SSSR count). The molecule has 0 N–H and O–H groups in total. The summed E-state index contributed by atoms with van der Waals surface area (Å²) in [5.74, 6) is 1.30. The summed E-state index contributed by atoms with van der Waals surface area (Å²) in [5.41, 5.74) is 0.451. The average Bonchev–Trinajstić information content (AvgIpc) is 3.22. The van der Waals surface area contributed by atoms with Crippen LogP contribution in [0.2, 0.25) is 25.1 Å². The van der Waals surface area contributed by atoms with Gasteiger partial charge < -0.3 is 13.9 Å². The maximum atomic E-state index is 12.4. The minimum absolute atomic E-state index is 0.00201. The van der Waals surface area contributed by atoms with E-state index < -0.39 is 0 Å². The molecule has 3 aromatic rings. The number of carbonyl (C=O) groups excluding carboxylic acids is 1. The molecule has 0 bridgehead atoms. The molecule has 0 aliphatic carbocycles. The quantitative estimate of drug-likeness (QED) is 0.141. The van der Waals surface area contributed by atoms with Crippen molar-refractivity contribution in [2.45, 2.75) is 6.61 Å². The Labute approximate surface area is 197 Å². The van der Waals surface area contributed by atoms with Crippen LogP contribution in [-0.2, 0) is 6.61 Å². The highest BCUT2D eigenvalue weighted by Crippen LogP contribution is 2.48. The number of ether oxygens (including phenoxy) is 2. The molecule has 0 aliphatic rings. The van der Waals surface area contributed by atoms with Crippen LogP contribution < -0.4 is 9.47 Å². The van der Waals surface area contributed by atoms with Gasteiger partial charge in [0.25, 0.3) is 0 Å². The molecule has 0 spiro atoms. The Bertz CT molecular complexity index is 1090. The molecule has 1 heterocycles. The summed E-state index contributed by atoms with van der Waals surface area (Å²) in [4.78, 5) is 12.4. The summed E-state index contributed by atoms with van der Waals surface area (Å²) in [7, 11) is 1.51. The molecule has 156 valence electrons. The number of allylic oxidation sites excluding steroid dienone is 1. The van der Waals surface area contributed by atoms with Gasteiger partial charge in [-0.05, 0) is 36.4 Å². The van der Waals surface area contributed by atoms with Crippen LogP contribution in [0, 0.1) is 0 Å². The highest BCUT2D eigenvalue weighted by molar-refractivity contribution is 6.55. The first-order valence-electron chi connectivity index (χ1n) is 8.41. The van der Waals surface area contributed by atoms with E-state index in [1.807, 2.05) is 0 Å². The third-order valence-corrected chi connectivity index (χ3v) is 6.22. The zero-order valence-corrected chi connectivity index (χ0v) is 19.1. The van der Waals surface area contributed by atoms with Crippen LogP contribution >= 0.6 is 58.0 Å². The lowest BCUT2D eigenvalue weighted by atomic mass is 10.1. The molecule has 0 amide bonds. The van der Waals surface area contributed by atoms with E-state index in [0.29, 0.717) is 22.8 Å². The molecule has 0 radical (unpaired) electrons. The van der Waals surface area contributed by atoms with Crippen molar-refractivity contribution >= 4 is 69.9 Å². The van der Waals surface area contributed by atoms with Crippen molar-refractivity contribution in [3.05, 3.63) is 84.7 Å². The van der Waals surface area contributed by atoms with Gasteiger partial charge in [-0.25, -0.2) is 0 Å². The van der Waals surface area contributed by atoms with Crippen LogP contribution in [-0.4, -0.2) is 12.9 Å². The van der Waals surface area contributed by atoms with Crippen LogP contribution in [0.4, 0.5) is 0 Å². The second kappa shape index (κ2) is 9.99. The van der Waals surface area contributed by atoms with E-state index in [2.05, 4.69) is 0 Å². The van der Waals surface area contributed by atoms with E-state index in [-0.39, 0.29) is 43.3 Å². The van der Waals surface area contributed by atoms with Gasteiger partial charge in [-0.1, -0.05) is 70.1 Å². The minimum Gasteiger partial charge on any atom is -0.496 e. The predicted octanol–water partition coefficient (Wildman–Crippen LogP) is 8.03. The van der Waals surface area contributed by atoms with Crippen molar-refractivity contribution in [3.63, 3.8) is 0 Å². The Morgan fingerprint density at radius 3 is 2.23 bits per heavy atom. The number of halogens is 5. The standard InChI is InChI=1S/C21H13Cl5O4/c1-28-15-5-3-2-4-13(15)14(27)9-8-11-6-7-12(30-11)10-29-21-19(25)17(23)16(22)18(24)20(21)26/h2-9H,10H2,1H3/b9-8+. The first-order chi connectivity index (χ1) is 14.3. The number of hydrogen-bond donors (Lipinski definition) is 0. The third-order valence-electron chi connectivity index (χ3n) is 3.98. The van der Waals surface area contributed by atoms with Crippen LogP contribution in [0.1, 0.15) is 21.9 Å². The molecule has 0 saturated carbocycles. The number of methoxy groups -OCH3 is 1. The maximum absolute atomic E-state index is 12.4. The molecule has 0 fully saturated rings. The Hall–Kier alpha value is -1.82. The molecule has 0 atom stereocenters. The summed E-state index contributed by atoms with van der Waals surface area (Å²) in [6, 6.07) is 10.3. The van der Waals surface area contributed by atoms with E-state index in [0.717, 1.165) is 0 Å². The molecule has 30 heavy (non-hydrogen) atoms. The van der Waals surface area contributed by atoms with Crippen molar-refractivity contribution in [1.82, 2.24) is 0 Å². The van der Waals surface area contributed by atoms with Crippen molar-refractivity contribution in [2.75, 3.05) is 7.11 Å². The number of carbonyl (C=O) groups is 1. The van der Waals surface area contributed by atoms with Crippen molar-refractivity contribution in [3.8, 4) is 11.5 Å². The first kappa shape index (κ1) is 22.9. The van der Waals surface area contributed by atoms with E-state index in [4.69, 9.17) is 71.9 Å². The number of hydrogen-bond acceptors (Lipinski definition) is 4. The molecule has 0 unspecified atom stereocenters. The van der Waals surface area contributed by atoms with Crippen LogP contribution in [0.15, 0.2) is 46.9 Å². The molecule has 9 heteroatoms. The number of rotatable bonds is 7. The Kier molecular flexibility index (Phi) is 7.61. The van der Waals surface area contributed by atoms with Gasteiger partial charge in [0.15, 0.2) is 11.5 Å². The lowest BCUT2D eigenvalue weighted by Gasteiger charge is -2.12. The van der Waals surface area contributed by atoms with E-state index >= 15 is 0 Å². The van der Waals surface area contributed by atoms with Gasteiger partial charge in [-0.15, -0.1) is 0 Å². The van der Waals surface area contributed by atoms with Gasteiger partial charge in [0.05, 0.1) is 27.7 Å². The number of para-hydroxylation sites is 1. The predicted molar refractivity (Wildman–Crippen MR) is 121 cm³/mol. The number of furan rings is 1. The van der Waals surface area contributed by atoms with Crippen molar-refractivity contribution < 1.29 is 18.7 Å². The van der Waals surface area contributed by atoms with Gasteiger partial charge in [-0.2, -0.15) is 0 Å². The molecule has 0 aliphatic heterocycles. The van der Waals surface area contributed by atoms with Gasteiger partial charge in [-0.3, -0.25) is 4.79 Å². The second-order valence-corrected chi connectivity index (χ2v) is 7.78. The van der Waals surface area contributed by atoms with Crippen LogP contribution in [0.5, 0.6) is 11.5 Å². The topological polar surface area (TPSA) is 48.7 Å². The van der Waals surface area contributed by atoms with Gasteiger partial charge >= 0.3 is 0 Å². The SMILES string of the molecule is COc1ccccc1C(=O)/C=C/c1ccc(COc2c(Cl)c(Cl)c(Cl)c(Cl)c2Cl)o1. The maximum Gasteiger partial charge on any atom is 0.189 e. The van der Waals surface area contributed by atoms with Crippen LogP contribution in [0.25, 0.3) is 6.08 Å². The first-order valence-corrected chi connectivity index (χ1v) is 10.3. The molecule has 1 aromatic heterocycles. The smallest absolute Gasteiger partial charge is 0.189 e. The Morgan fingerprint density at radius 1 is 0.933 bits per heavy atom. The Balaban J connectivity index is 1.71. The highest BCUT2D eigenvalue weighted by Gasteiger charge is 2.21.